The first kappa shape index (κ1) is 19.7. The summed E-state index contributed by atoms with van der Waals surface area (Å²) in [7, 11) is 0. The first-order chi connectivity index (χ1) is 14.0. The maximum Gasteiger partial charge on any atom is 0.287 e. The summed E-state index contributed by atoms with van der Waals surface area (Å²) in [6, 6.07) is 7.62. The zero-order valence-corrected chi connectivity index (χ0v) is 17.2. The van der Waals surface area contributed by atoms with E-state index in [0.29, 0.717) is 48.1 Å². The van der Waals surface area contributed by atoms with Gasteiger partial charge in [-0.05, 0) is 37.1 Å². The Morgan fingerprint density at radius 2 is 1.97 bits per heavy atom. The van der Waals surface area contributed by atoms with Crippen LogP contribution in [-0.4, -0.2) is 47.4 Å². The largest absolute Gasteiger partial charge is 0.369 e. The fourth-order valence-electron chi connectivity index (χ4n) is 3.98. The highest BCUT2D eigenvalue weighted by atomic mass is 32.2. The number of hydrogen-bond acceptors (Lipinski definition) is 5. The molecule has 8 heteroatoms. The molecule has 1 saturated heterocycles. The van der Waals surface area contributed by atoms with Crippen LogP contribution in [0, 0.1) is 5.92 Å². The number of nitrogens with two attached hydrogens (primary N) is 1. The molecule has 3 heterocycles. The highest BCUT2D eigenvalue weighted by Crippen LogP contribution is 2.44. The minimum atomic E-state index is -0.363. The van der Waals surface area contributed by atoms with Gasteiger partial charge in [-0.1, -0.05) is 31.5 Å². The van der Waals surface area contributed by atoms with E-state index in [1.165, 1.54) is 11.8 Å². The monoisotopic (exact) mass is 412 g/mol. The van der Waals surface area contributed by atoms with Crippen molar-refractivity contribution in [2.45, 2.75) is 32.6 Å². The number of piperidine rings is 1. The number of carbonyl (C=O) groups is 3. The molecule has 0 unspecified atom stereocenters. The van der Waals surface area contributed by atoms with E-state index in [4.69, 9.17) is 5.73 Å². The molecule has 1 aromatic carbocycles. The molecule has 7 nitrogen and oxygen atoms in total. The minimum absolute atomic E-state index is 0.123. The summed E-state index contributed by atoms with van der Waals surface area (Å²) in [5, 5.41) is 0.609. The Morgan fingerprint density at radius 3 is 2.66 bits per heavy atom. The Hall–Kier alpha value is -2.61. The number of aliphatic imine (C=N–C) groups is 1. The first-order valence-corrected chi connectivity index (χ1v) is 10.8. The second-order valence-corrected chi connectivity index (χ2v) is 8.47. The summed E-state index contributed by atoms with van der Waals surface area (Å²) in [6.07, 6.45) is 3.20. The molecule has 152 valence electrons. The van der Waals surface area contributed by atoms with Crippen LogP contribution in [0.2, 0.25) is 0 Å². The average molecular weight is 413 g/mol. The van der Waals surface area contributed by atoms with Crippen LogP contribution in [0.3, 0.4) is 0 Å². The van der Waals surface area contributed by atoms with Gasteiger partial charge in [0.15, 0.2) is 5.17 Å². The quantitative estimate of drug-likeness (QED) is 0.766. The van der Waals surface area contributed by atoms with E-state index >= 15 is 0 Å². The molecular formula is C21H24N4O3S. The summed E-state index contributed by atoms with van der Waals surface area (Å²) >= 11 is 1.27. The van der Waals surface area contributed by atoms with Crippen LogP contribution < -0.4 is 10.6 Å². The topological polar surface area (TPSA) is 96.1 Å². The van der Waals surface area contributed by atoms with Gasteiger partial charge in [0.25, 0.3) is 11.8 Å². The van der Waals surface area contributed by atoms with Gasteiger partial charge in [-0.2, -0.15) is 4.99 Å². The Bertz CT molecular complexity index is 932. The molecule has 3 aliphatic rings. The van der Waals surface area contributed by atoms with Crippen molar-refractivity contribution in [3.63, 3.8) is 0 Å². The van der Waals surface area contributed by atoms with Gasteiger partial charge in [-0.25, -0.2) is 0 Å². The van der Waals surface area contributed by atoms with E-state index in [2.05, 4.69) is 11.9 Å². The maximum absolute atomic E-state index is 13.2. The lowest BCUT2D eigenvalue weighted by Gasteiger charge is -2.31. The van der Waals surface area contributed by atoms with E-state index in [0.717, 1.165) is 24.1 Å². The number of thioether (sulfide) groups is 1. The van der Waals surface area contributed by atoms with Gasteiger partial charge in [0.1, 0.15) is 0 Å². The zero-order chi connectivity index (χ0) is 20.5. The van der Waals surface area contributed by atoms with Crippen molar-refractivity contribution in [2.75, 3.05) is 24.5 Å². The van der Waals surface area contributed by atoms with Crippen molar-refractivity contribution in [3.8, 4) is 0 Å². The van der Waals surface area contributed by atoms with Crippen LogP contribution in [0.25, 0.3) is 5.57 Å². The third-order valence-electron chi connectivity index (χ3n) is 5.64. The summed E-state index contributed by atoms with van der Waals surface area (Å²) in [6.45, 7) is 3.98. The summed E-state index contributed by atoms with van der Waals surface area (Å²) in [4.78, 5) is 45.7. The summed E-state index contributed by atoms with van der Waals surface area (Å²) in [5.74, 6) is -0.885. The SMILES string of the molecule is CCCCN1C(=O)/C(=C2\SC(N3CCC(C(N)=O)CC3)=NC2=O)c2ccccc21. The van der Waals surface area contributed by atoms with E-state index < -0.39 is 0 Å². The number of benzene rings is 1. The predicted molar refractivity (Wildman–Crippen MR) is 114 cm³/mol. The number of fused-ring (bicyclic) bond motifs is 1. The molecular weight excluding hydrogens is 388 g/mol. The van der Waals surface area contributed by atoms with Gasteiger partial charge in [0.05, 0.1) is 16.2 Å². The average Bonchev–Trinajstić information content (AvgIpc) is 3.23. The number of anilines is 1. The smallest absolute Gasteiger partial charge is 0.287 e. The molecule has 0 aliphatic carbocycles. The third kappa shape index (κ3) is 3.57. The van der Waals surface area contributed by atoms with Crippen LogP contribution in [-0.2, 0) is 14.4 Å². The molecule has 0 bridgehead atoms. The Morgan fingerprint density at radius 1 is 1.24 bits per heavy atom. The number of likely N-dealkylation sites (tertiary alicyclic amines) is 1. The number of nitrogens with zero attached hydrogens (tertiary/aromatic N) is 3. The molecule has 3 aliphatic heterocycles. The Balaban J connectivity index is 1.59. The molecule has 0 saturated carbocycles. The van der Waals surface area contributed by atoms with Crippen molar-refractivity contribution >= 4 is 45.9 Å². The predicted octanol–water partition coefficient (Wildman–Crippen LogP) is 2.37. The molecule has 0 spiro atoms. The van der Waals surface area contributed by atoms with Crippen LogP contribution in [0.1, 0.15) is 38.2 Å². The zero-order valence-electron chi connectivity index (χ0n) is 16.4. The van der Waals surface area contributed by atoms with E-state index in [1.807, 2.05) is 29.2 Å². The Labute approximate surface area is 174 Å². The number of hydrogen-bond donors (Lipinski definition) is 1. The molecule has 2 N–H and O–H groups in total. The number of para-hydroxylation sites is 1. The van der Waals surface area contributed by atoms with E-state index in [9.17, 15) is 14.4 Å². The first-order valence-electron chi connectivity index (χ1n) is 10.0. The van der Waals surface area contributed by atoms with Crippen molar-refractivity contribution < 1.29 is 14.4 Å². The van der Waals surface area contributed by atoms with Gasteiger partial charge in [0.2, 0.25) is 5.91 Å². The molecule has 1 aromatic rings. The standard InChI is InChI=1S/C21H24N4O3S/c1-2-3-10-25-15-7-5-4-6-14(15)16(20(25)28)17-19(27)23-21(29-17)24-11-8-13(9-12-24)18(22)26/h4-7,13H,2-3,8-12H2,1H3,(H2,22,26)/b17-16-. The van der Waals surface area contributed by atoms with Crippen LogP contribution in [0.4, 0.5) is 5.69 Å². The molecule has 0 atom stereocenters. The molecule has 1 fully saturated rings. The van der Waals surface area contributed by atoms with Gasteiger partial charge in [0, 0.05) is 31.1 Å². The fourth-order valence-corrected chi connectivity index (χ4v) is 5.04. The van der Waals surface area contributed by atoms with Gasteiger partial charge >= 0.3 is 0 Å². The van der Waals surface area contributed by atoms with Crippen LogP contribution in [0.15, 0.2) is 34.2 Å². The molecule has 0 aromatic heterocycles. The van der Waals surface area contributed by atoms with Crippen LogP contribution >= 0.6 is 11.8 Å². The number of primary amides is 1. The van der Waals surface area contributed by atoms with Gasteiger partial charge in [-0.3, -0.25) is 14.4 Å². The number of amidine groups is 1. The lowest BCUT2D eigenvalue weighted by atomic mass is 9.97. The summed E-state index contributed by atoms with van der Waals surface area (Å²) < 4.78 is 0. The van der Waals surface area contributed by atoms with Crippen molar-refractivity contribution in [3.05, 3.63) is 34.7 Å². The second kappa shape index (κ2) is 8.02. The number of rotatable bonds is 4. The molecule has 29 heavy (non-hydrogen) atoms. The second-order valence-electron chi connectivity index (χ2n) is 7.50. The fraction of sp³-hybridized carbons (Fsp3) is 0.429. The number of unbranched alkanes of at least 4 members (excludes halogenated alkanes) is 1. The van der Waals surface area contributed by atoms with Crippen molar-refractivity contribution in [1.29, 1.82) is 0 Å². The summed E-state index contributed by atoms with van der Waals surface area (Å²) in [5.41, 5.74) is 7.52. The maximum atomic E-state index is 13.2. The minimum Gasteiger partial charge on any atom is -0.369 e. The van der Waals surface area contributed by atoms with Crippen molar-refractivity contribution in [2.24, 2.45) is 16.6 Å². The highest BCUT2D eigenvalue weighted by molar-refractivity contribution is 8.18. The Kier molecular flexibility index (Phi) is 5.45. The molecule has 3 amide bonds. The lowest BCUT2D eigenvalue weighted by molar-refractivity contribution is -0.123. The number of amides is 3. The highest BCUT2D eigenvalue weighted by Gasteiger charge is 2.39. The number of carbonyl (C=O) groups excluding carboxylic acids is 3. The van der Waals surface area contributed by atoms with Crippen LogP contribution in [0.5, 0.6) is 0 Å². The molecule has 0 radical (unpaired) electrons. The van der Waals surface area contributed by atoms with E-state index in [-0.39, 0.29) is 23.6 Å². The molecule has 4 rings (SSSR count). The third-order valence-corrected chi connectivity index (χ3v) is 6.75. The van der Waals surface area contributed by atoms with Gasteiger partial charge < -0.3 is 15.5 Å². The normalized spacial score (nSPS) is 22.3. The lowest BCUT2D eigenvalue weighted by Crippen LogP contribution is -2.40. The van der Waals surface area contributed by atoms with E-state index in [1.54, 1.807) is 4.90 Å². The van der Waals surface area contributed by atoms with Gasteiger partial charge in [-0.15, -0.1) is 0 Å². The van der Waals surface area contributed by atoms with Crippen molar-refractivity contribution in [1.82, 2.24) is 4.90 Å².